The first kappa shape index (κ1) is 11.4. The van der Waals surface area contributed by atoms with Crippen molar-refractivity contribution in [3.63, 3.8) is 0 Å². The van der Waals surface area contributed by atoms with Crippen molar-refractivity contribution in [3.8, 4) is 12.3 Å². The number of aliphatic hydroxyl groups is 4. The molecule has 0 radical (unpaired) electrons. The number of terminal acetylenes is 1. The molecule has 4 nitrogen and oxygen atoms in total. The Bertz CT molecular complexity index is 149. The van der Waals surface area contributed by atoms with Crippen LogP contribution < -0.4 is 0 Å². The van der Waals surface area contributed by atoms with Gasteiger partial charge in [-0.3, -0.25) is 0 Å². The molecular weight excluding hydrogens is 160 g/mol. The first-order valence-corrected chi connectivity index (χ1v) is 3.61. The highest BCUT2D eigenvalue weighted by Crippen LogP contribution is 2.22. The molecule has 0 rings (SSSR count). The zero-order valence-electron chi connectivity index (χ0n) is 6.77. The number of hydrogen-bond donors (Lipinski definition) is 4. The summed E-state index contributed by atoms with van der Waals surface area (Å²) >= 11 is 0. The van der Waals surface area contributed by atoms with E-state index in [1.165, 1.54) is 0 Å². The van der Waals surface area contributed by atoms with Gasteiger partial charge in [0.25, 0.3) is 0 Å². The van der Waals surface area contributed by atoms with Gasteiger partial charge in [0, 0.05) is 6.42 Å². The molecule has 0 aliphatic carbocycles. The Morgan fingerprint density at radius 1 is 1.17 bits per heavy atom. The van der Waals surface area contributed by atoms with Crippen LogP contribution in [0.2, 0.25) is 0 Å². The summed E-state index contributed by atoms with van der Waals surface area (Å²) in [6.45, 7) is -1.49. The Kier molecular flexibility index (Phi) is 4.86. The second kappa shape index (κ2) is 5.12. The van der Waals surface area contributed by atoms with Crippen LogP contribution in [-0.4, -0.2) is 46.4 Å². The molecule has 0 aliphatic rings. The van der Waals surface area contributed by atoms with E-state index in [-0.39, 0.29) is 6.42 Å². The van der Waals surface area contributed by atoms with Crippen LogP contribution in [0.15, 0.2) is 0 Å². The van der Waals surface area contributed by atoms with E-state index in [0.29, 0.717) is 0 Å². The average Bonchev–Trinajstić information content (AvgIpc) is 2.09. The zero-order valence-corrected chi connectivity index (χ0v) is 6.77. The molecule has 0 bridgehead atoms. The molecule has 0 fully saturated rings. The second-order valence-electron chi connectivity index (χ2n) is 2.76. The minimum Gasteiger partial charge on any atom is -0.396 e. The summed E-state index contributed by atoms with van der Waals surface area (Å²) in [5.74, 6) is 2.19. The molecule has 70 valence electrons. The van der Waals surface area contributed by atoms with E-state index in [2.05, 4.69) is 5.92 Å². The van der Waals surface area contributed by atoms with Crippen LogP contribution in [0.4, 0.5) is 0 Å². The van der Waals surface area contributed by atoms with E-state index in [4.69, 9.17) is 21.7 Å². The van der Waals surface area contributed by atoms with Crippen molar-refractivity contribution >= 4 is 0 Å². The van der Waals surface area contributed by atoms with Gasteiger partial charge in [-0.25, -0.2) is 0 Å². The van der Waals surface area contributed by atoms with Gasteiger partial charge in [-0.05, 0) is 0 Å². The molecule has 0 aromatic carbocycles. The molecule has 1 atom stereocenters. The third-order valence-electron chi connectivity index (χ3n) is 1.96. The molecule has 0 aromatic heterocycles. The van der Waals surface area contributed by atoms with Crippen molar-refractivity contribution < 1.29 is 20.4 Å². The number of hydrogen-bond acceptors (Lipinski definition) is 4. The highest BCUT2D eigenvalue weighted by molar-refractivity contribution is 4.95. The third-order valence-corrected chi connectivity index (χ3v) is 1.96. The van der Waals surface area contributed by atoms with Crippen molar-refractivity contribution in [2.75, 3.05) is 19.8 Å². The molecule has 12 heavy (non-hydrogen) atoms. The maximum absolute atomic E-state index is 9.34. The van der Waals surface area contributed by atoms with Gasteiger partial charge in [0.2, 0.25) is 0 Å². The molecule has 0 spiro atoms. The van der Waals surface area contributed by atoms with E-state index in [1.54, 1.807) is 0 Å². The predicted molar refractivity (Wildman–Crippen MR) is 43.1 cm³/mol. The standard InChI is InChI=1S/C8H14O4/c1-2-3-7(12)8(4-9,5-10)6-11/h1,7,9-12H,3-6H2. The molecule has 0 saturated heterocycles. The summed E-state index contributed by atoms with van der Waals surface area (Å²) < 4.78 is 0. The van der Waals surface area contributed by atoms with Gasteiger partial charge in [-0.1, -0.05) is 0 Å². The molecule has 1 unspecified atom stereocenters. The lowest BCUT2D eigenvalue weighted by Gasteiger charge is -2.31. The maximum atomic E-state index is 9.34. The quantitative estimate of drug-likeness (QED) is 0.376. The monoisotopic (exact) mass is 174 g/mol. The Labute approximate surface area is 71.5 Å². The zero-order chi connectivity index (χ0) is 9.61. The largest absolute Gasteiger partial charge is 0.396 e. The summed E-state index contributed by atoms with van der Waals surface area (Å²) in [5, 5.41) is 35.8. The van der Waals surface area contributed by atoms with E-state index in [9.17, 15) is 5.11 Å². The van der Waals surface area contributed by atoms with Crippen LogP contribution in [0.1, 0.15) is 6.42 Å². The van der Waals surface area contributed by atoms with Gasteiger partial charge in [0.15, 0.2) is 0 Å². The van der Waals surface area contributed by atoms with Crippen LogP contribution in [0.25, 0.3) is 0 Å². The highest BCUT2D eigenvalue weighted by atomic mass is 16.3. The maximum Gasteiger partial charge on any atom is 0.0771 e. The topological polar surface area (TPSA) is 80.9 Å². The Hall–Kier alpha value is -0.600. The van der Waals surface area contributed by atoms with Gasteiger partial charge in [0.05, 0.1) is 31.3 Å². The number of rotatable bonds is 5. The van der Waals surface area contributed by atoms with Crippen LogP contribution >= 0.6 is 0 Å². The summed E-state index contributed by atoms with van der Waals surface area (Å²) in [6.07, 6.45) is 3.86. The SMILES string of the molecule is C#CCC(O)C(CO)(CO)CO. The normalized spacial score (nSPS) is 13.9. The third kappa shape index (κ3) is 2.19. The summed E-state index contributed by atoms with van der Waals surface area (Å²) in [4.78, 5) is 0. The smallest absolute Gasteiger partial charge is 0.0771 e. The number of aliphatic hydroxyl groups excluding tert-OH is 4. The fraction of sp³-hybridized carbons (Fsp3) is 0.750. The fourth-order valence-electron chi connectivity index (χ4n) is 0.794. The van der Waals surface area contributed by atoms with Crippen molar-refractivity contribution in [2.24, 2.45) is 5.41 Å². The Balaban J connectivity index is 4.37. The van der Waals surface area contributed by atoms with E-state index in [1.807, 2.05) is 0 Å². The fourth-order valence-corrected chi connectivity index (χ4v) is 0.794. The Morgan fingerprint density at radius 2 is 1.58 bits per heavy atom. The van der Waals surface area contributed by atoms with Gasteiger partial charge in [0.1, 0.15) is 0 Å². The van der Waals surface area contributed by atoms with E-state index in [0.717, 1.165) is 0 Å². The minimum atomic E-state index is -1.29. The van der Waals surface area contributed by atoms with E-state index < -0.39 is 31.3 Å². The molecule has 0 aromatic rings. The van der Waals surface area contributed by atoms with Crippen LogP contribution in [0, 0.1) is 17.8 Å². The predicted octanol–water partition coefficient (Wildman–Crippen LogP) is -1.67. The van der Waals surface area contributed by atoms with Crippen molar-refractivity contribution in [1.29, 1.82) is 0 Å². The van der Waals surface area contributed by atoms with Gasteiger partial charge in [-0.2, -0.15) is 0 Å². The molecule has 0 aliphatic heterocycles. The van der Waals surface area contributed by atoms with Crippen molar-refractivity contribution in [1.82, 2.24) is 0 Å². The summed E-state index contributed by atoms with van der Waals surface area (Å²) in [7, 11) is 0. The summed E-state index contributed by atoms with van der Waals surface area (Å²) in [5.41, 5.74) is -1.29. The first-order valence-electron chi connectivity index (χ1n) is 3.61. The second-order valence-corrected chi connectivity index (χ2v) is 2.76. The molecular formula is C8H14O4. The minimum absolute atomic E-state index is 0.00167. The van der Waals surface area contributed by atoms with Crippen molar-refractivity contribution in [3.05, 3.63) is 0 Å². The van der Waals surface area contributed by atoms with Gasteiger partial charge in [-0.15, -0.1) is 12.3 Å². The van der Waals surface area contributed by atoms with Crippen molar-refractivity contribution in [2.45, 2.75) is 12.5 Å². The molecule has 0 heterocycles. The van der Waals surface area contributed by atoms with Crippen LogP contribution in [0.5, 0.6) is 0 Å². The van der Waals surface area contributed by atoms with Crippen LogP contribution in [-0.2, 0) is 0 Å². The lowest BCUT2D eigenvalue weighted by molar-refractivity contribution is -0.0805. The average molecular weight is 174 g/mol. The molecule has 0 saturated carbocycles. The Morgan fingerprint density at radius 3 is 1.83 bits per heavy atom. The lowest BCUT2D eigenvalue weighted by atomic mass is 9.83. The highest BCUT2D eigenvalue weighted by Gasteiger charge is 2.35. The van der Waals surface area contributed by atoms with E-state index >= 15 is 0 Å². The molecule has 0 amide bonds. The molecule has 4 N–H and O–H groups in total. The van der Waals surface area contributed by atoms with Gasteiger partial charge < -0.3 is 20.4 Å². The first-order chi connectivity index (χ1) is 5.66. The lowest BCUT2D eigenvalue weighted by Crippen LogP contribution is -2.45. The molecule has 4 heteroatoms. The van der Waals surface area contributed by atoms with Gasteiger partial charge >= 0.3 is 0 Å². The summed E-state index contributed by atoms with van der Waals surface area (Å²) in [6, 6.07) is 0. The van der Waals surface area contributed by atoms with Crippen LogP contribution in [0.3, 0.4) is 0 Å².